The molecule has 1 saturated heterocycles. The number of nitrogens with zero attached hydrogens (tertiary/aromatic N) is 2. The molecule has 3 atom stereocenters. The Bertz CT molecular complexity index is 1520. The summed E-state index contributed by atoms with van der Waals surface area (Å²) < 4.78 is 5.59. The number of alkyl carbamates (subject to hydrolysis) is 1. The summed E-state index contributed by atoms with van der Waals surface area (Å²) >= 11 is 0. The molecule has 1 heterocycles. The standard InChI is InChI=1S/C37H43N3O3/c1-37(2,3)43-36(42)38-34(24-28-15-9-6-10-16-28)35(41)40-26-32(23-29-19-20-30-17-11-12-18-31(30)21-29)39(4)25-33(40)22-27-13-7-5-8-14-27/h5-21,32-34H,22-26H2,1-4H3,(H,38,42)/t32-,33+,34-/m1/s1. The lowest BCUT2D eigenvalue weighted by Crippen LogP contribution is -2.63. The lowest BCUT2D eigenvalue weighted by atomic mass is 9.94. The van der Waals surface area contributed by atoms with Crippen LogP contribution in [0.15, 0.2) is 103 Å². The van der Waals surface area contributed by atoms with E-state index in [0.29, 0.717) is 13.0 Å². The van der Waals surface area contributed by atoms with Gasteiger partial charge in [0.1, 0.15) is 11.6 Å². The fraction of sp³-hybridized carbons (Fsp3) is 0.351. The van der Waals surface area contributed by atoms with E-state index in [1.54, 1.807) is 0 Å². The Kier molecular flexibility index (Phi) is 9.46. The number of hydrogen-bond donors (Lipinski definition) is 1. The van der Waals surface area contributed by atoms with Gasteiger partial charge in [0.25, 0.3) is 0 Å². The lowest BCUT2D eigenvalue weighted by molar-refractivity contribution is -0.139. The number of benzene rings is 4. The topological polar surface area (TPSA) is 61.9 Å². The van der Waals surface area contributed by atoms with Crippen LogP contribution in [0.2, 0.25) is 0 Å². The smallest absolute Gasteiger partial charge is 0.408 e. The van der Waals surface area contributed by atoms with Gasteiger partial charge in [-0.15, -0.1) is 0 Å². The van der Waals surface area contributed by atoms with Crippen LogP contribution in [-0.2, 0) is 28.8 Å². The first-order valence-corrected chi connectivity index (χ1v) is 15.2. The summed E-state index contributed by atoms with van der Waals surface area (Å²) in [7, 11) is 2.16. The van der Waals surface area contributed by atoms with E-state index < -0.39 is 17.7 Å². The molecule has 1 N–H and O–H groups in total. The van der Waals surface area contributed by atoms with E-state index in [-0.39, 0.29) is 18.0 Å². The first kappa shape index (κ1) is 30.3. The summed E-state index contributed by atoms with van der Waals surface area (Å²) in [5.74, 6) is -0.0766. The average molecular weight is 578 g/mol. The van der Waals surface area contributed by atoms with E-state index in [0.717, 1.165) is 24.9 Å². The Hall–Kier alpha value is -4.16. The minimum Gasteiger partial charge on any atom is -0.444 e. The molecule has 2 amide bonds. The summed E-state index contributed by atoms with van der Waals surface area (Å²) in [5, 5.41) is 5.38. The summed E-state index contributed by atoms with van der Waals surface area (Å²) in [6.07, 6.45) is 1.37. The molecule has 0 saturated carbocycles. The normalized spacial score (nSPS) is 18.3. The third-order valence-electron chi connectivity index (χ3n) is 8.12. The zero-order valence-corrected chi connectivity index (χ0v) is 25.7. The fourth-order valence-corrected chi connectivity index (χ4v) is 5.98. The summed E-state index contributed by atoms with van der Waals surface area (Å²) in [4.78, 5) is 31.9. The maximum atomic E-state index is 14.5. The van der Waals surface area contributed by atoms with Crippen LogP contribution in [0.5, 0.6) is 0 Å². The van der Waals surface area contributed by atoms with Crippen molar-refractivity contribution in [3.63, 3.8) is 0 Å². The molecule has 5 rings (SSSR count). The number of carbonyl (C=O) groups excluding carboxylic acids is 2. The molecule has 4 aromatic carbocycles. The second-order valence-corrected chi connectivity index (χ2v) is 12.7. The zero-order valence-electron chi connectivity index (χ0n) is 25.7. The molecular formula is C37H43N3O3. The Morgan fingerprint density at radius 2 is 1.37 bits per heavy atom. The predicted molar refractivity (Wildman–Crippen MR) is 173 cm³/mol. The van der Waals surface area contributed by atoms with Crippen LogP contribution in [0.3, 0.4) is 0 Å². The molecule has 1 fully saturated rings. The van der Waals surface area contributed by atoms with Gasteiger partial charge in [0.05, 0.1) is 0 Å². The predicted octanol–water partition coefficient (Wildman–Crippen LogP) is 6.27. The highest BCUT2D eigenvalue weighted by molar-refractivity contribution is 5.86. The van der Waals surface area contributed by atoms with Crippen molar-refractivity contribution in [1.29, 1.82) is 0 Å². The average Bonchev–Trinajstić information content (AvgIpc) is 2.98. The number of carbonyl (C=O) groups is 2. The molecule has 224 valence electrons. The molecule has 0 aliphatic carbocycles. The van der Waals surface area contributed by atoms with Crippen molar-refractivity contribution in [2.75, 3.05) is 20.1 Å². The highest BCUT2D eigenvalue weighted by atomic mass is 16.6. The Balaban J connectivity index is 1.43. The van der Waals surface area contributed by atoms with Gasteiger partial charge in [0.15, 0.2) is 0 Å². The maximum absolute atomic E-state index is 14.5. The van der Waals surface area contributed by atoms with Gasteiger partial charge in [-0.05, 0) is 68.1 Å². The fourth-order valence-electron chi connectivity index (χ4n) is 5.98. The third-order valence-corrected chi connectivity index (χ3v) is 8.12. The Morgan fingerprint density at radius 1 is 0.767 bits per heavy atom. The second kappa shape index (κ2) is 13.4. The number of nitrogens with one attached hydrogen (secondary N) is 1. The quantitative estimate of drug-likeness (QED) is 0.268. The van der Waals surface area contributed by atoms with Crippen molar-refractivity contribution in [3.05, 3.63) is 120 Å². The third kappa shape index (κ3) is 8.23. The zero-order chi connectivity index (χ0) is 30.4. The SMILES string of the molecule is CN1C[C@H](Cc2ccccc2)N(C(=O)[C@@H](Cc2ccccc2)NC(=O)OC(C)(C)C)C[C@H]1Cc1ccc2ccccc2c1. The van der Waals surface area contributed by atoms with Crippen molar-refractivity contribution < 1.29 is 14.3 Å². The molecule has 0 aromatic heterocycles. The molecule has 1 aliphatic rings. The van der Waals surface area contributed by atoms with E-state index >= 15 is 0 Å². The van der Waals surface area contributed by atoms with Crippen LogP contribution < -0.4 is 5.32 Å². The molecule has 6 heteroatoms. The van der Waals surface area contributed by atoms with E-state index in [1.165, 1.54) is 21.9 Å². The lowest BCUT2D eigenvalue weighted by Gasteiger charge is -2.46. The van der Waals surface area contributed by atoms with Crippen molar-refractivity contribution in [2.24, 2.45) is 0 Å². The van der Waals surface area contributed by atoms with Gasteiger partial charge < -0.3 is 15.0 Å². The minimum atomic E-state index is -0.750. The number of rotatable bonds is 8. The van der Waals surface area contributed by atoms with Crippen molar-refractivity contribution in [1.82, 2.24) is 15.1 Å². The highest BCUT2D eigenvalue weighted by Gasteiger charge is 2.38. The summed E-state index contributed by atoms with van der Waals surface area (Å²) in [5.41, 5.74) is 2.75. The van der Waals surface area contributed by atoms with Crippen LogP contribution in [0, 0.1) is 0 Å². The number of fused-ring (bicyclic) bond motifs is 1. The number of hydrogen-bond acceptors (Lipinski definition) is 4. The number of ether oxygens (including phenoxy) is 1. The Morgan fingerprint density at radius 3 is 2.05 bits per heavy atom. The second-order valence-electron chi connectivity index (χ2n) is 12.7. The molecule has 1 aliphatic heterocycles. The van der Waals surface area contributed by atoms with Gasteiger partial charge in [-0.1, -0.05) is 103 Å². The van der Waals surface area contributed by atoms with Crippen LogP contribution in [0.1, 0.15) is 37.5 Å². The van der Waals surface area contributed by atoms with E-state index in [4.69, 9.17) is 4.74 Å². The first-order valence-electron chi connectivity index (χ1n) is 15.2. The van der Waals surface area contributed by atoms with Gasteiger partial charge in [-0.25, -0.2) is 4.79 Å². The summed E-state index contributed by atoms with van der Waals surface area (Å²) in [6, 6.07) is 34.6. The van der Waals surface area contributed by atoms with Crippen LogP contribution in [-0.4, -0.2) is 65.7 Å². The van der Waals surface area contributed by atoms with Gasteiger partial charge in [0.2, 0.25) is 5.91 Å². The molecule has 0 spiro atoms. The minimum absolute atomic E-state index is 0.0357. The van der Waals surface area contributed by atoms with Gasteiger partial charge in [0, 0.05) is 31.6 Å². The number of amides is 2. The molecule has 43 heavy (non-hydrogen) atoms. The molecular weight excluding hydrogens is 534 g/mol. The molecule has 0 bridgehead atoms. The highest BCUT2D eigenvalue weighted by Crippen LogP contribution is 2.24. The molecule has 6 nitrogen and oxygen atoms in total. The molecule has 0 unspecified atom stereocenters. The monoisotopic (exact) mass is 577 g/mol. The van der Waals surface area contributed by atoms with Gasteiger partial charge in [-0.2, -0.15) is 0 Å². The van der Waals surface area contributed by atoms with Gasteiger partial charge in [-0.3, -0.25) is 9.69 Å². The number of piperazine rings is 1. The molecule has 4 aromatic rings. The van der Waals surface area contributed by atoms with Crippen LogP contribution >= 0.6 is 0 Å². The largest absolute Gasteiger partial charge is 0.444 e. The summed E-state index contributed by atoms with van der Waals surface area (Å²) in [6.45, 7) is 6.79. The Labute approximate surface area is 255 Å². The maximum Gasteiger partial charge on any atom is 0.408 e. The van der Waals surface area contributed by atoms with Crippen LogP contribution in [0.4, 0.5) is 4.79 Å². The first-order chi connectivity index (χ1) is 20.6. The van der Waals surface area contributed by atoms with Crippen molar-refractivity contribution in [2.45, 2.75) is 63.8 Å². The van der Waals surface area contributed by atoms with Gasteiger partial charge >= 0.3 is 6.09 Å². The van der Waals surface area contributed by atoms with E-state index in [9.17, 15) is 9.59 Å². The molecule has 0 radical (unpaired) electrons. The van der Waals surface area contributed by atoms with Crippen LogP contribution in [0.25, 0.3) is 10.8 Å². The van der Waals surface area contributed by atoms with E-state index in [2.05, 4.69) is 71.9 Å². The van der Waals surface area contributed by atoms with Crippen molar-refractivity contribution in [3.8, 4) is 0 Å². The number of likely N-dealkylation sites (N-methyl/N-ethyl adjacent to an activating group) is 1. The van der Waals surface area contributed by atoms with Crippen molar-refractivity contribution >= 4 is 22.8 Å². The van der Waals surface area contributed by atoms with E-state index in [1.807, 2.05) is 74.2 Å².